The van der Waals surface area contributed by atoms with E-state index in [9.17, 15) is 0 Å². The quantitative estimate of drug-likeness (QED) is 0.190. The van der Waals surface area contributed by atoms with E-state index in [2.05, 4.69) is 53.7 Å². The molecule has 0 amide bonds. The summed E-state index contributed by atoms with van der Waals surface area (Å²) in [6, 6.07) is 18.1. The van der Waals surface area contributed by atoms with Crippen LogP contribution in [-0.4, -0.2) is 54.8 Å². The average molecular weight is 619 g/mol. The van der Waals surface area contributed by atoms with Crippen LogP contribution in [0, 0.1) is 0 Å². The lowest BCUT2D eigenvalue weighted by Crippen LogP contribution is -2.69. The number of aromatic nitrogens is 3. The van der Waals surface area contributed by atoms with Crippen molar-refractivity contribution in [3.05, 3.63) is 54.6 Å². The molecule has 216 valence electrons. The van der Waals surface area contributed by atoms with Gasteiger partial charge in [-0.05, 0) is 75.4 Å². The van der Waals surface area contributed by atoms with Crippen LogP contribution in [0.2, 0.25) is 0 Å². The van der Waals surface area contributed by atoms with Gasteiger partial charge in [-0.1, -0.05) is 34.0 Å². The molecule has 1 saturated heterocycles. The highest BCUT2D eigenvalue weighted by molar-refractivity contribution is 7.23. The van der Waals surface area contributed by atoms with Crippen molar-refractivity contribution in [3.63, 3.8) is 0 Å². The van der Waals surface area contributed by atoms with E-state index in [1.165, 1.54) is 0 Å². The molecule has 0 N–H and O–H groups in total. The lowest BCUT2D eigenvalue weighted by molar-refractivity contribution is 0.380. The second-order valence-corrected chi connectivity index (χ2v) is 13.1. The molecule has 0 unspecified atom stereocenters. The van der Waals surface area contributed by atoms with E-state index in [1.54, 1.807) is 55.3 Å². The summed E-state index contributed by atoms with van der Waals surface area (Å²) in [5, 5.41) is 2.81. The molecule has 3 aromatic heterocycles. The van der Waals surface area contributed by atoms with Gasteiger partial charge in [0.1, 0.15) is 35.7 Å². The number of anilines is 3. The summed E-state index contributed by atoms with van der Waals surface area (Å²) in [5.74, 6) is 2.47. The lowest BCUT2D eigenvalue weighted by atomic mass is 10.2. The minimum Gasteiger partial charge on any atom is -0.497 e. The van der Waals surface area contributed by atoms with Crippen LogP contribution in [0.15, 0.2) is 54.6 Å². The molecule has 0 aliphatic carbocycles. The van der Waals surface area contributed by atoms with Gasteiger partial charge >= 0.3 is 0 Å². The number of thiazole rings is 3. The van der Waals surface area contributed by atoms with Crippen molar-refractivity contribution in [1.29, 1.82) is 0 Å². The number of nitrogens with zero attached hydrogens (tertiary/aromatic N) is 6. The van der Waals surface area contributed by atoms with Crippen LogP contribution in [0.3, 0.4) is 0 Å². The number of fused-ring (bicyclic) bond motifs is 3. The standard InChI is InChI=1S/C30H30N6O3S3/c1-16-34(28-31-22-10-7-19(37-4)13-25(22)40-28)17(2)36(30-33-24-12-9-21(39-6)15-27(24)42-30)18(3)35(16)29-32-23-11-8-20(38-5)14-26(23)41-29/h7-18H,1-6H3. The minimum atomic E-state index is -0.0364. The van der Waals surface area contributed by atoms with Crippen LogP contribution in [0.25, 0.3) is 30.6 Å². The predicted molar refractivity (Wildman–Crippen MR) is 174 cm³/mol. The third-order valence-electron chi connectivity index (χ3n) is 7.83. The fourth-order valence-electron chi connectivity index (χ4n) is 5.69. The van der Waals surface area contributed by atoms with Gasteiger partial charge in [-0.25, -0.2) is 15.0 Å². The van der Waals surface area contributed by atoms with Crippen molar-refractivity contribution < 1.29 is 14.2 Å². The van der Waals surface area contributed by atoms with Gasteiger partial charge in [-0.15, -0.1) is 0 Å². The summed E-state index contributed by atoms with van der Waals surface area (Å²) >= 11 is 5.01. The Morgan fingerprint density at radius 3 is 1.05 bits per heavy atom. The molecule has 12 heteroatoms. The first-order valence-corrected chi connectivity index (χ1v) is 16.0. The van der Waals surface area contributed by atoms with E-state index in [1.807, 2.05) is 36.4 Å². The first-order chi connectivity index (χ1) is 20.4. The van der Waals surface area contributed by atoms with Gasteiger partial charge < -0.3 is 28.9 Å². The summed E-state index contributed by atoms with van der Waals surface area (Å²) in [6.45, 7) is 6.69. The molecule has 1 aliphatic heterocycles. The first-order valence-electron chi connectivity index (χ1n) is 13.6. The summed E-state index contributed by atoms with van der Waals surface area (Å²) in [6.07, 6.45) is -0.109. The predicted octanol–water partition coefficient (Wildman–Crippen LogP) is 7.41. The van der Waals surface area contributed by atoms with Gasteiger partial charge in [-0.3, -0.25) is 0 Å². The van der Waals surface area contributed by atoms with Gasteiger partial charge in [0.2, 0.25) is 0 Å². The van der Waals surface area contributed by atoms with E-state index in [0.29, 0.717) is 0 Å². The molecule has 9 nitrogen and oxygen atoms in total. The number of benzene rings is 3. The van der Waals surface area contributed by atoms with E-state index in [4.69, 9.17) is 29.2 Å². The minimum absolute atomic E-state index is 0.0364. The molecular weight excluding hydrogens is 589 g/mol. The molecule has 0 atom stereocenters. The molecule has 0 spiro atoms. The Balaban J connectivity index is 1.37. The highest BCUT2D eigenvalue weighted by Crippen LogP contribution is 2.44. The molecule has 42 heavy (non-hydrogen) atoms. The number of ether oxygens (including phenoxy) is 3. The molecule has 3 aromatic carbocycles. The Morgan fingerprint density at radius 2 is 0.786 bits per heavy atom. The zero-order valence-electron chi connectivity index (χ0n) is 24.1. The van der Waals surface area contributed by atoms with Gasteiger partial charge in [0, 0.05) is 0 Å². The molecule has 0 bridgehead atoms. The first kappa shape index (κ1) is 27.0. The largest absolute Gasteiger partial charge is 0.497 e. The van der Waals surface area contributed by atoms with Gasteiger partial charge in [0.05, 0.1) is 52.0 Å². The lowest BCUT2D eigenvalue weighted by Gasteiger charge is -2.55. The molecule has 0 radical (unpaired) electrons. The SMILES string of the molecule is COc1ccc2nc(N3C(C)N(c4nc5ccc(OC)cc5s4)C(C)N(c4nc5ccc(OC)cc5s4)C3C)sc2c1. The van der Waals surface area contributed by atoms with Gasteiger partial charge in [0.15, 0.2) is 15.4 Å². The highest BCUT2D eigenvalue weighted by Gasteiger charge is 2.44. The Labute approximate surface area is 255 Å². The molecular formula is C30H30N6O3S3. The van der Waals surface area contributed by atoms with Crippen molar-refractivity contribution in [1.82, 2.24) is 15.0 Å². The average Bonchev–Trinajstić information content (AvgIpc) is 3.72. The molecule has 6 aromatic rings. The Morgan fingerprint density at radius 1 is 0.500 bits per heavy atom. The summed E-state index contributed by atoms with van der Waals surface area (Å²) in [4.78, 5) is 22.4. The fourth-order valence-corrected chi connectivity index (χ4v) is 9.12. The maximum absolute atomic E-state index is 5.49. The second kappa shape index (κ2) is 10.4. The number of hydrogen-bond acceptors (Lipinski definition) is 12. The summed E-state index contributed by atoms with van der Waals surface area (Å²) < 4.78 is 19.7. The second-order valence-electron chi connectivity index (χ2n) is 10.1. The van der Waals surface area contributed by atoms with Crippen LogP contribution in [0.1, 0.15) is 20.8 Å². The molecule has 0 saturated carbocycles. The third-order valence-corrected chi connectivity index (χ3v) is 10.9. The Bertz CT molecular complexity index is 1690. The van der Waals surface area contributed by atoms with Gasteiger partial charge in [-0.2, -0.15) is 0 Å². The number of rotatable bonds is 6. The third kappa shape index (κ3) is 4.36. The highest BCUT2D eigenvalue weighted by atomic mass is 32.1. The van der Waals surface area contributed by atoms with E-state index in [-0.39, 0.29) is 18.5 Å². The van der Waals surface area contributed by atoms with Crippen LogP contribution in [-0.2, 0) is 0 Å². The molecule has 4 heterocycles. The van der Waals surface area contributed by atoms with Crippen molar-refractivity contribution in [2.75, 3.05) is 36.0 Å². The zero-order valence-corrected chi connectivity index (χ0v) is 26.5. The fraction of sp³-hybridized carbons (Fsp3) is 0.300. The normalized spacial score (nSPS) is 19.3. The van der Waals surface area contributed by atoms with E-state index in [0.717, 1.165) is 63.3 Å². The van der Waals surface area contributed by atoms with Crippen molar-refractivity contribution >= 4 is 80.1 Å². The maximum Gasteiger partial charge on any atom is 0.189 e. The van der Waals surface area contributed by atoms with Crippen molar-refractivity contribution in [3.8, 4) is 17.2 Å². The van der Waals surface area contributed by atoms with Crippen LogP contribution in [0.5, 0.6) is 17.2 Å². The molecule has 1 aliphatic rings. The summed E-state index contributed by atoms with van der Waals surface area (Å²) in [7, 11) is 5.07. The van der Waals surface area contributed by atoms with Crippen molar-refractivity contribution in [2.24, 2.45) is 0 Å². The van der Waals surface area contributed by atoms with Crippen LogP contribution < -0.4 is 28.9 Å². The van der Waals surface area contributed by atoms with Crippen LogP contribution >= 0.6 is 34.0 Å². The zero-order chi connectivity index (χ0) is 29.1. The summed E-state index contributed by atoms with van der Waals surface area (Å²) in [5.41, 5.74) is 2.85. The van der Waals surface area contributed by atoms with Crippen molar-refractivity contribution in [2.45, 2.75) is 39.3 Å². The van der Waals surface area contributed by atoms with Gasteiger partial charge in [0.25, 0.3) is 0 Å². The maximum atomic E-state index is 5.49. The Hall–Kier alpha value is -3.87. The monoisotopic (exact) mass is 618 g/mol. The number of hydrogen-bond donors (Lipinski definition) is 0. The Kier molecular flexibility index (Phi) is 6.71. The number of methoxy groups -OCH3 is 3. The van der Waals surface area contributed by atoms with E-state index < -0.39 is 0 Å². The molecule has 7 rings (SSSR count). The van der Waals surface area contributed by atoms with Crippen LogP contribution in [0.4, 0.5) is 15.4 Å². The van der Waals surface area contributed by atoms with E-state index >= 15 is 0 Å². The topological polar surface area (TPSA) is 76.1 Å². The molecule has 1 fully saturated rings. The smallest absolute Gasteiger partial charge is 0.189 e.